The summed E-state index contributed by atoms with van der Waals surface area (Å²) >= 11 is 0. The third-order valence-electron chi connectivity index (χ3n) is 2.25. The van der Waals surface area contributed by atoms with Crippen LogP contribution in [0.5, 0.6) is 0 Å². The van der Waals surface area contributed by atoms with Crippen LogP contribution in [0.15, 0.2) is 36.8 Å². The lowest BCUT2D eigenvalue weighted by atomic mass is 10.2. The molecule has 1 aromatic carbocycles. The van der Waals surface area contributed by atoms with Gasteiger partial charge in [0, 0.05) is 12.4 Å². The number of amides is 1. The zero-order valence-corrected chi connectivity index (χ0v) is 9.34. The van der Waals surface area contributed by atoms with Gasteiger partial charge < -0.3 is 11.1 Å². The topological polar surface area (TPSA) is 80.9 Å². The Balaban J connectivity index is 2.19. The first-order chi connectivity index (χ1) is 8.16. The van der Waals surface area contributed by atoms with Gasteiger partial charge in [0.25, 0.3) is 5.91 Å². The molecule has 17 heavy (non-hydrogen) atoms. The van der Waals surface area contributed by atoms with Crippen LogP contribution in [0.25, 0.3) is 0 Å². The van der Waals surface area contributed by atoms with E-state index in [9.17, 15) is 4.79 Å². The van der Waals surface area contributed by atoms with E-state index in [1.807, 2.05) is 13.0 Å². The Kier molecular flexibility index (Phi) is 3.00. The summed E-state index contributed by atoms with van der Waals surface area (Å²) in [6.45, 7) is 1.94. The first-order valence-electron chi connectivity index (χ1n) is 5.10. The number of rotatable bonds is 2. The van der Waals surface area contributed by atoms with Crippen molar-refractivity contribution in [3.8, 4) is 0 Å². The highest BCUT2D eigenvalue weighted by atomic mass is 16.1. The predicted molar refractivity (Wildman–Crippen MR) is 65.6 cm³/mol. The second-order valence-electron chi connectivity index (χ2n) is 3.64. The summed E-state index contributed by atoms with van der Waals surface area (Å²) in [6.07, 6.45) is 4.38. The van der Waals surface area contributed by atoms with Gasteiger partial charge in [0.15, 0.2) is 0 Å². The molecule has 86 valence electrons. The third-order valence-corrected chi connectivity index (χ3v) is 2.25. The van der Waals surface area contributed by atoms with E-state index in [1.165, 1.54) is 18.6 Å². The van der Waals surface area contributed by atoms with Crippen molar-refractivity contribution in [3.63, 3.8) is 0 Å². The van der Waals surface area contributed by atoms with Crippen molar-refractivity contribution in [1.82, 2.24) is 9.97 Å². The van der Waals surface area contributed by atoms with E-state index in [2.05, 4.69) is 15.3 Å². The molecule has 0 fully saturated rings. The maximum atomic E-state index is 11.8. The van der Waals surface area contributed by atoms with E-state index in [1.54, 1.807) is 12.1 Å². The summed E-state index contributed by atoms with van der Waals surface area (Å²) in [7, 11) is 0. The Bertz CT molecular complexity index is 539. The summed E-state index contributed by atoms with van der Waals surface area (Å²) in [4.78, 5) is 19.5. The van der Waals surface area contributed by atoms with Crippen LogP contribution in [0.3, 0.4) is 0 Å². The highest BCUT2D eigenvalue weighted by Crippen LogP contribution is 2.19. The van der Waals surface area contributed by atoms with Gasteiger partial charge in [0.1, 0.15) is 5.69 Å². The van der Waals surface area contributed by atoms with Gasteiger partial charge in [-0.3, -0.25) is 9.78 Å². The second-order valence-corrected chi connectivity index (χ2v) is 3.64. The van der Waals surface area contributed by atoms with Gasteiger partial charge in [0.2, 0.25) is 0 Å². The number of benzene rings is 1. The fourth-order valence-corrected chi connectivity index (χ4v) is 1.40. The maximum absolute atomic E-state index is 11.8. The zero-order valence-electron chi connectivity index (χ0n) is 9.34. The number of nitrogens with zero attached hydrogens (tertiary/aromatic N) is 2. The molecule has 3 N–H and O–H groups in total. The number of aryl methyl sites for hydroxylation is 1. The molecule has 1 aromatic heterocycles. The number of nitrogens with two attached hydrogens (primary N) is 1. The van der Waals surface area contributed by atoms with Gasteiger partial charge in [-0.25, -0.2) is 4.98 Å². The molecule has 0 bridgehead atoms. The lowest BCUT2D eigenvalue weighted by molar-refractivity contribution is 0.102. The minimum Gasteiger partial charge on any atom is -0.397 e. The molecule has 1 heterocycles. The van der Waals surface area contributed by atoms with Crippen LogP contribution in [-0.4, -0.2) is 15.9 Å². The van der Waals surface area contributed by atoms with E-state index < -0.39 is 0 Å². The molecular weight excluding hydrogens is 216 g/mol. The second kappa shape index (κ2) is 4.61. The fourth-order valence-electron chi connectivity index (χ4n) is 1.40. The SMILES string of the molecule is Cc1ccc(NC(=O)c2cnccn2)c(N)c1. The van der Waals surface area contributed by atoms with Gasteiger partial charge in [-0.1, -0.05) is 6.07 Å². The maximum Gasteiger partial charge on any atom is 0.275 e. The van der Waals surface area contributed by atoms with Crippen LogP contribution < -0.4 is 11.1 Å². The number of nitrogen functional groups attached to an aromatic ring is 1. The van der Waals surface area contributed by atoms with Gasteiger partial charge in [-0.2, -0.15) is 0 Å². The van der Waals surface area contributed by atoms with Crippen molar-refractivity contribution >= 4 is 17.3 Å². The van der Waals surface area contributed by atoms with Crippen molar-refractivity contribution in [2.45, 2.75) is 6.92 Å². The molecule has 0 unspecified atom stereocenters. The van der Waals surface area contributed by atoms with E-state index in [4.69, 9.17) is 5.73 Å². The Hall–Kier alpha value is -2.43. The Morgan fingerprint density at radius 1 is 1.35 bits per heavy atom. The van der Waals surface area contributed by atoms with Crippen molar-refractivity contribution in [2.24, 2.45) is 0 Å². The molecule has 0 spiro atoms. The minimum absolute atomic E-state index is 0.257. The molecule has 0 saturated carbocycles. The first kappa shape index (κ1) is 11.1. The van der Waals surface area contributed by atoms with Gasteiger partial charge in [0.05, 0.1) is 17.6 Å². The largest absolute Gasteiger partial charge is 0.397 e. The molecule has 0 atom stereocenters. The fraction of sp³-hybridized carbons (Fsp3) is 0.0833. The lowest BCUT2D eigenvalue weighted by Crippen LogP contribution is -2.14. The number of aromatic nitrogens is 2. The first-order valence-corrected chi connectivity index (χ1v) is 5.10. The summed E-state index contributed by atoms with van der Waals surface area (Å²) in [5.41, 5.74) is 8.20. The predicted octanol–water partition coefficient (Wildman–Crippen LogP) is 1.62. The molecule has 5 nitrogen and oxygen atoms in total. The molecule has 0 aliphatic rings. The molecule has 0 aliphatic carbocycles. The van der Waals surface area contributed by atoms with Crippen LogP contribution in [0.4, 0.5) is 11.4 Å². The van der Waals surface area contributed by atoms with Crippen molar-refractivity contribution in [3.05, 3.63) is 48.0 Å². The molecule has 0 radical (unpaired) electrons. The van der Waals surface area contributed by atoms with Gasteiger partial charge in [-0.15, -0.1) is 0 Å². The number of hydrogen-bond acceptors (Lipinski definition) is 4. The number of nitrogens with one attached hydrogen (secondary N) is 1. The van der Waals surface area contributed by atoms with E-state index in [0.717, 1.165) is 5.56 Å². The molecule has 2 aromatic rings. The van der Waals surface area contributed by atoms with Gasteiger partial charge >= 0.3 is 0 Å². The molecule has 2 rings (SSSR count). The van der Waals surface area contributed by atoms with E-state index in [-0.39, 0.29) is 11.6 Å². The summed E-state index contributed by atoms with van der Waals surface area (Å²) in [5, 5.41) is 2.69. The number of hydrogen-bond donors (Lipinski definition) is 2. The Morgan fingerprint density at radius 3 is 2.82 bits per heavy atom. The van der Waals surface area contributed by atoms with Crippen LogP contribution in [0.2, 0.25) is 0 Å². The summed E-state index contributed by atoms with van der Waals surface area (Å²) in [5.74, 6) is -0.325. The van der Waals surface area contributed by atoms with Crippen LogP contribution in [0.1, 0.15) is 16.1 Å². The normalized spacial score (nSPS) is 9.94. The lowest BCUT2D eigenvalue weighted by Gasteiger charge is -2.07. The smallest absolute Gasteiger partial charge is 0.275 e. The van der Waals surface area contributed by atoms with E-state index >= 15 is 0 Å². The molecule has 0 saturated heterocycles. The summed E-state index contributed by atoms with van der Waals surface area (Å²) < 4.78 is 0. The van der Waals surface area contributed by atoms with Crippen LogP contribution >= 0.6 is 0 Å². The van der Waals surface area contributed by atoms with E-state index in [0.29, 0.717) is 11.4 Å². The Morgan fingerprint density at radius 2 is 2.18 bits per heavy atom. The number of anilines is 2. The Labute approximate surface area is 98.7 Å². The van der Waals surface area contributed by atoms with Crippen LogP contribution in [-0.2, 0) is 0 Å². The summed E-state index contributed by atoms with van der Waals surface area (Å²) in [6, 6.07) is 5.44. The van der Waals surface area contributed by atoms with Crippen molar-refractivity contribution < 1.29 is 4.79 Å². The molecular formula is C12H12N4O. The quantitative estimate of drug-likeness (QED) is 0.765. The highest BCUT2D eigenvalue weighted by molar-refractivity contribution is 6.04. The third kappa shape index (κ3) is 2.57. The van der Waals surface area contributed by atoms with Crippen molar-refractivity contribution in [2.75, 3.05) is 11.1 Å². The van der Waals surface area contributed by atoms with Crippen molar-refractivity contribution in [1.29, 1.82) is 0 Å². The number of carbonyl (C=O) groups excluding carboxylic acids is 1. The molecule has 5 heteroatoms. The zero-order chi connectivity index (χ0) is 12.3. The monoisotopic (exact) mass is 228 g/mol. The standard InChI is InChI=1S/C12H12N4O/c1-8-2-3-10(9(13)6-8)16-12(17)11-7-14-4-5-15-11/h2-7H,13H2,1H3,(H,16,17). The molecule has 0 aliphatic heterocycles. The average Bonchev–Trinajstić information content (AvgIpc) is 2.34. The number of carbonyl (C=O) groups is 1. The average molecular weight is 228 g/mol. The minimum atomic E-state index is -0.325. The molecule has 1 amide bonds. The van der Waals surface area contributed by atoms with Gasteiger partial charge in [-0.05, 0) is 24.6 Å². The van der Waals surface area contributed by atoms with Crippen LogP contribution in [0, 0.1) is 6.92 Å². The highest BCUT2D eigenvalue weighted by Gasteiger charge is 2.08.